The molecule has 8 nitrogen and oxygen atoms in total. The normalized spacial score (nSPS) is 12.0. The van der Waals surface area contributed by atoms with Gasteiger partial charge in [0.25, 0.3) is 5.69 Å². The molecule has 2 N–H and O–H groups in total. The van der Waals surface area contributed by atoms with Gasteiger partial charge in [0.2, 0.25) is 0 Å². The lowest BCUT2D eigenvalue weighted by Crippen LogP contribution is -2.23. The first-order valence-corrected chi connectivity index (χ1v) is 6.38. The number of nitro benzene ring substituents is 1. The number of hydrogen-bond acceptors (Lipinski definition) is 7. The van der Waals surface area contributed by atoms with Crippen molar-refractivity contribution in [2.45, 2.75) is 19.6 Å². The van der Waals surface area contributed by atoms with E-state index < -0.39 is 17.6 Å². The molecule has 1 unspecified atom stereocenters. The van der Waals surface area contributed by atoms with E-state index in [2.05, 4.69) is 0 Å². The lowest BCUT2D eigenvalue weighted by molar-refractivity contribution is -0.386. The fourth-order valence-electron chi connectivity index (χ4n) is 1.65. The van der Waals surface area contributed by atoms with Gasteiger partial charge in [0.1, 0.15) is 12.7 Å². The van der Waals surface area contributed by atoms with Crippen molar-refractivity contribution in [3.05, 3.63) is 27.8 Å². The predicted molar refractivity (Wildman–Crippen MR) is 73.6 cm³/mol. The summed E-state index contributed by atoms with van der Waals surface area (Å²) in [4.78, 5) is 10.3. The molecule has 0 heterocycles. The van der Waals surface area contributed by atoms with E-state index in [9.17, 15) is 15.2 Å². The van der Waals surface area contributed by atoms with E-state index in [0.717, 1.165) is 6.07 Å². The zero-order chi connectivity index (χ0) is 15.8. The largest absolute Gasteiger partial charge is 0.493 e. The monoisotopic (exact) mass is 301 g/mol. The third kappa shape index (κ3) is 4.85. The van der Waals surface area contributed by atoms with Crippen LogP contribution in [0.4, 0.5) is 5.69 Å². The van der Waals surface area contributed by atoms with Crippen LogP contribution < -0.4 is 9.47 Å². The molecular formula is C13H19NO7. The number of aliphatic hydroxyl groups excluding tert-OH is 2. The average molecular weight is 301 g/mol. The molecule has 0 aromatic heterocycles. The molecule has 0 spiro atoms. The minimum Gasteiger partial charge on any atom is -0.493 e. The van der Waals surface area contributed by atoms with Crippen molar-refractivity contribution in [2.75, 3.05) is 26.9 Å². The van der Waals surface area contributed by atoms with Gasteiger partial charge in [-0.3, -0.25) is 10.1 Å². The summed E-state index contributed by atoms with van der Waals surface area (Å²) in [5, 5.41) is 29.7. The topological polar surface area (TPSA) is 111 Å². The van der Waals surface area contributed by atoms with Crippen LogP contribution in [-0.2, 0) is 11.3 Å². The molecule has 0 radical (unpaired) electrons. The summed E-state index contributed by atoms with van der Waals surface area (Å²) in [6.07, 6.45) is -0.855. The van der Waals surface area contributed by atoms with Gasteiger partial charge in [-0.15, -0.1) is 0 Å². The van der Waals surface area contributed by atoms with Crippen molar-refractivity contribution in [1.29, 1.82) is 0 Å². The molecule has 0 aliphatic rings. The van der Waals surface area contributed by atoms with E-state index in [-0.39, 0.29) is 36.0 Å². The Kier molecular flexibility index (Phi) is 6.86. The second-order valence-corrected chi connectivity index (χ2v) is 4.17. The third-order valence-corrected chi connectivity index (χ3v) is 2.68. The van der Waals surface area contributed by atoms with Crippen molar-refractivity contribution >= 4 is 5.69 Å². The molecule has 0 amide bonds. The number of ether oxygens (including phenoxy) is 3. The summed E-state index contributed by atoms with van der Waals surface area (Å²) < 4.78 is 15.4. The number of hydrogen-bond donors (Lipinski definition) is 2. The van der Waals surface area contributed by atoms with Gasteiger partial charge in [-0.25, -0.2) is 0 Å². The molecule has 1 rings (SSSR count). The van der Waals surface area contributed by atoms with Crippen LogP contribution in [0.2, 0.25) is 0 Å². The van der Waals surface area contributed by atoms with Crippen LogP contribution in [0.15, 0.2) is 12.1 Å². The highest BCUT2D eigenvalue weighted by atomic mass is 16.6. The second kappa shape index (κ2) is 8.40. The fourth-order valence-corrected chi connectivity index (χ4v) is 1.65. The van der Waals surface area contributed by atoms with E-state index >= 15 is 0 Å². The molecule has 118 valence electrons. The fraction of sp³-hybridized carbons (Fsp3) is 0.538. The lowest BCUT2D eigenvalue weighted by atomic mass is 10.1. The van der Waals surface area contributed by atoms with E-state index in [1.54, 1.807) is 6.92 Å². The molecule has 1 aromatic carbocycles. The van der Waals surface area contributed by atoms with Gasteiger partial charge in [-0.2, -0.15) is 0 Å². The number of methoxy groups -OCH3 is 1. The number of nitrogens with zero attached hydrogens (tertiary/aromatic N) is 1. The zero-order valence-corrected chi connectivity index (χ0v) is 11.9. The van der Waals surface area contributed by atoms with Crippen LogP contribution in [0.5, 0.6) is 11.5 Å². The number of nitro groups is 1. The molecule has 1 atom stereocenters. The maximum absolute atomic E-state index is 10.9. The molecular weight excluding hydrogens is 282 g/mol. The van der Waals surface area contributed by atoms with Gasteiger partial charge in [0, 0.05) is 6.61 Å². The van der Waals surface area contributed by atoms with Crippen LogP contribution in [0.25, 0.3) is 0 Å². The minimum atomic E-state index is -0.855. The Morgan fingerprint density at radius 2 is 2.05 bits per heavy atom. The average Bonchev–Trinajstić information content (AvgIpc) is 2.49. The number of rotatable bonds is 9. The highest BCUT2D eigenvalue weighted by Crippen LogP contribution is 2.34. The number of benzene rings is 1. The zero-order valence-electron chi connectivity index (χ0n) is 11.9. The van der Waals surface area contributed by atoms with Crippen LogP contribution in [0.3, 0.4) is 0 Å². The summed E-state index contributed by atoms with van der Waals surface area (Å²) >= 11 is 0. The molecule has 0 saturated heterocycles. The quantitative estimate of drug-likeness (QED) is 0.514. The van der Waals surface area contributed by atoms with Gasteiger partial charge in [0.15, 0.2) is 11.5 Å². The van der Waals surface area contributed by atoms with Crippen molar-refractivity contribution < 1.29 is 29.3 Å². The summed E-state index contributed by atoms with van der Waals surface area (Å²) in [5.41, 5.74) is -0.147. The third-order valence-electron chi connectivity index (χ3n) is 2.68. The smallest absolute Gasteiger partial charge is 0.278 e. The van der Waals surface area contributed by atoms with Crippen LogP contribution in [0.1, 0.15) is 12.5 Å². The van der Waals surface area contributed by atoms with Crippen molar-refractivity contribution in [3.8, 4) is 11.5 Å². The molecule has 0 aliphatic carbocycles. The van der Waals surface area contributed by atoms with Crippen LogP contribution >= 0.6 is 0 Å². The van der Waals surface area contributed by atoms with E-state index in [4.69, 9.17) is 19.3 Å². The van der Waals surface area contributed by atoms with E-state index in [1.807, 2.05) is 0 Å². The summed E-state index contributed by atoms with van der Waals surface area (Å²) in [6, 6.07) is 2.50. The first-order chi connectivity index (χ1) is 10.0. The van der Waals surface area contributed by atoms with Crippen LogP contribution in [-0.4, -0.2) is 48.2 Å². The number of aliphatic hydroxyl groups is 2. The Morgan fingerprint density at radius 3 is 2.57 bits per heavy atom. The first-order valence-electron chi connectivity index (χ1n) is 6.38. The standard InChI is InChI=1S/C13H19NO7/c1-3-20-7-10(16)8-21-13-5-11(14(17)18)9(6-15)4-12(13)19-2/h4-5,10,15-16H,3,6-8H2,1-2H3. The Bertz CT molecular complexity index is 478. The van der Waals surface area contributed by atoms with E-state index in [1.165, 1.54) is 13.2 Å². The van der Waals surface area contributed by atoms with Crippen LogP contribution in [0, 0.1) is 10.1 Å². The van der Waals surface area contributed by atoms with Crippen molar-refractivity contribution in [3.63, 3.8) is 0 Å². The highest BCUT2D eigenvalue weighted by molar-refractivity contribution is 5.54. The molecule has 0 aliphatic heterocycles. The summed E-state index contributed by atoms with van der Waals surface area (Å²) in [6.45, 7) is 1.80. The summed E-state index contributed by atoms with van der Waals surface area (Å²) in [5.74, 6) is 0.366. The Labute approximate surface area is 122 Å². The Morgan fingerprint density at radius 1 is 1.33 bits per heavy atom. The first kappa shape index (κ1) is 17.2. The molecule has 0 bridgehead atoms. The molecule has 21 heavy (non-hydrogen) atoms. The van der Waals surface area contributed by atoms with Gasteiger partial charge in [-0.1, -0.05) is 0 Å². The van der Waals surface area contributed by atoms with Gasteiger partial charge in [0.05, 0.1) is 36.9 Å². The lowest BCUT2D eigenvalue weighted by Gasteiger charge is -2.15. The predicted octanol–water partition coefficient (Wildman–Crippen LogP) is 0.872. The van der Waals surface area contributed by atoms with Gasteiger partial charge >= 0.3 is 0 Å². The van der Waals surface area contributed by atoms with E-state index in [0.29, 0.717) is 6.61 Å². The van der Waals surface area contributed by atoms with Crippen molar-refractivity contribution in [2.24, 2.45) is 0 Å². The Balaban J connectivity index is 2.89. The summed E-state index contributed by atoms with van der Waals surface area (Å²) in [7, 11) is 1.38. The van der Waals surface area contributed by atoms with Gasteiger partial charge in [-0.05, 0) is 13.0 Å². The highest BCUT2D eigenvalue weighted by Gasteiger charge is 2.19. The Hall–Kier alpha value is -1.90. The SMILES string of the molecule is CCOCC(O)COc1cc([N+](=O)[O-])c(CO)cc1OC. The molecule has 1 aromatic rings. The minimum absolute atomic E-state index is 0.0913. The maximum atomic E-state index is 10.9. The van der Waals surface area contributed by atoms with Crippen molar-refractivity contribution in [1.82, 2.24) is 0 Å². The maximum Gasteiger partial charge on any atom is 0.278 e. The molecule has 8 heteroatoms. The second-order valence-electron chi connectivity index (χ2n) is 4.17. The molecule has 0 fully saturated rings. The molecule has 0 saturated carbocycles. The van der Waals surface area contributed by atoms with Gasteiger partial charge < -0.3 is 24.4 Å².